The molecule has 64 valence electrons. The van der Waals surface area contributed by atoms with Crippen molar-refractivity contribution in [3.63, 3.8) is 0 Å². The van der Waals surface area contributed by atoms with Gasteiger partial charge in [-0.05, 0) is 0 Å². The van der Waals surface area contributed by atoms with E-state index in [1.807, 2.05) is 0 Å². The van der Waals surface area contributed by atoms with Crippen LogP contribution in [0.3, 0.4) is 0 Å². The van der Waals surface area contributed by atoms with Gasteiger partial charge in [0.2, 0.25) is 0 Å². The third-order valence-electron chi connectivity index (χ3n) is 1.34. The summed E-state index contributed by atoms with van der Waals surface area (Å²) in [7, 11) is 0. The maximum absolute atomic E-state index is 10.3. The second-order valence-electron chi connectivity index (χ2n) is 2.19. The van der Waals surface area contributed by atoms with E-state index in [1.54, 1.807) is 0 Å². The predicted molar refractivity (Wildman–Crippen MR) is 42.3 cm³/mol. The lowest BCUT2D eigenvalue weighted by molar-refractivity contribution is -0.385. The lowest BCUT2D eigenvalue weighted by Crippen LogP contribution is -2.40. The van der Waals surface area contributed by atoms with E-state index in [9.17, 15) is 10.1 Å². The Morgan fingerprint density at radius 2 is 2.17 bits per heavy atom. The minimum absolute atomic E-state index is 0.0609. The van der Waals surface area contributed by atoms with Crippen LogP contribution in [-0.2, 0) is 0 Å². The molecular weight excluding hydrogens is 184 g/mol. The highest BCUT2D eigenvalue weighted by atomic mass is 35.5. The van der Waals surface area contributed by atoms with Crippen LogP contribution in [0, 0.1) is 10.1 Å². The summed E-state index contributed by atoms with van der Waals surface area (Å²) in [5, 5.41) is 19.3. The summed E-state index contributed by atoms with van der Waals surface area (Å²) in [4.78, 5) is 9.66. The summed E-state index contributed by atoms with van der Waals surface area (Å²) >= 11 is 5.47. The highest BCUT2D eigenvalue weighted by molar-refractivity contribution is 6.32. The number of hydrogen-bond donors (Lipinski definition) is 2. The van der Waals surface area contributed by atoms with Crippen molar-refractivity contribution < 1.29 is 15.8 Å². The van der Waals surface area contributed by atoms with Gasteiger partial charge in [0.15, 0.2) is 11.4 Å². The molecule has 4 N–H and O–H groups in total. The number of non-ortho nitro benzene ring substituents is 1. The van der Waals surface area contributed by atoms with Crippen molar-refractivity contribution in [1.29, 1.82) is 0 Å². The van der Waals surface area contributed by atoms with Crippen molar-refractivity contribution in [2.75, 3.05) is 0 Å². The summed E-state index contributed by atoms with van der Waals surface area (Å²) in [6, 6.07) is 2.23. The normalized spacial score (nSPS) is 9.83. The van der Waals surface area contributed by atoms with E-state index in [0.29, 0.717) is 0 Å². The summed E-state index contributed by atoms with van der Waals surface area (Å²) in [5.74, 6) is -0.220. The van der Waals surface area contributed by atoms with Crippen molar-refractivity contribution in [1.82, 2.24) is 0 Å². The van der Waals surface area contributed by atoms with E-state index in [0.717, 1.165) is 12.1 Å². The summed E-state index contributed by atoms with van der Waals surface area (Å²) in [6.07, 6.45) is 0. The second-order valence-corrected chi connectivity index (χ2v) is 2.60. The van der Waals surface area contributed by atoms with Crippen LogP contribution in [0.2, 0.25) is 5.02 Å². The van der Waals surface area contributed by atoms with Gasteiger partial charge < -0.3 is 10.8 Å². The molecule has 6 heteroatoms. The molecule has 0 aliphatic rings. The molecule has 1 aromatic rings. The minimum Gasteiger partial charge on any atom is -0.502 e. The molecule has 0 aliphatic carbocycles. The molecule has 0 amide bonds. The Bertz CT molecular complexity index is 317. The first-order valence-electron chi connectivity index (χ1n) is 3.01. The molecule has 0 aliphatic heterocycles. The predicted octanol–water partition coefficient (Wildman–Crippen LogP) is 0.827. The maximum atomic E-state index is 10.3. The molecule has 0 saturated carbocycles. The average molecular weight is 190 g/mol. The second kappa shape index (κ2) is 2.96. The van der Waals surface area contributed by atoms with Crippen LogP contribution in [0.15, 0.2) is 12.1 Å². The number of halogens is 1. The van der Waals surface area contributed by atoms with Crippen LogP contribution in [0.4, 0.5) is 11.4 Å². The van der Waals surface area contributed by atoms with Crippen LogP contribution < -0.4 is 5.73 Å². The molecule has 0 atom stereocenters. The molecule has 0 radical (unpaired) electrons. The number of quaternary nitrogens is 1. The fourth-order valence-electron chi connectivity index (χ4n) is 0.746. The summed E-state index contributed by atoms with van der Waals surface area (Å²) in [5.41, 5.74) is 3.35. The van der Waals surface area contributed by atoms with E-state index >= 15 is 0 Å². The van der Waals surface area contributed by atoms with Crippen LogP contribution in [0.5, 0.6) is 5.75 Å². The zero-order valence-electron chi connectivity index (χ0n) is 5.95. The number of phenolic OH excluding ortho intramolecular Hbond substituents is 1. The number of rotatable bonds is 1. The Hall–Kier alpha value is -1.33. The zero-order chi connectivity index (χ0) is 9.30. The SMILES string of the molecule is [NH3+]c1cc([N+](=O)[O-])cc(Cl)c1O. The molecule has 1 rings (SSSR count). The maximum Gasteiger partial charge on any atom is 0.277 e. The number of benzene rings is 1. The smallest absolute Gasteiger partial charge is 0.277 e. The third kappa shape index (κ3) is 1.46. The number of nitrogens with zero attached hydrogens (tertiary/aromatic N) is 1. The Kier molecular flexibility index (Phi) is 2.16. The number of hydrogen-bond acceptors (Lipinski definition) is 3. The molecule has 5 nitrogen and oxygen atoms in total. The molecule has 0 unspecified atom stereocenters. The van der Waals surface area contributed by atoms with Gasteiger partial charge in [-0.1, -0.05) is 11.6 Å². The van der Waals surface area contributed by atoms with Gasteiger partial charge in [0.1, 0.15) is 0 Å². The number of nitro groups is 1. The Balaban J connectivity index is 3.31. The third-order valence-corrected chi connectivity index (χ3v) is 1.63. The van der Waals surface area contributed by atoms with Gasteiger partial charge in [-0.15, -0.1) is 0 Å². The van der Waals surface area contributed by atoms with Crippen molar-refractivity contribution in [3.8, 4) is 5.75 Å². The minimum atomic E-state index is -0.597. The van der Waals surface area contributed by atoms with Crippen molar-refractivity contribution >= 4 is 23.0 Å². The first kappa shape index (κ1) is 8.76. The molecular formula is C6H6ClN2O3+. The van der Waals surface area contributed by atoms with Gasteiger partial charge in [0.25, 0.3) is 5.69 Å². The Morgan fingerprint density at radius 3 is 2.58 bits per heavy atom. The summed E-state index contributed by atoms with van der Waals surface area (Å²) in [6.45, 7) is 0. The molecule has 0 heterocycles. The van der Waals surface area contributed by atoms with Gasteiger partial charge >= 0.3 is 0 Å². The van der Waals surface area contributed by atoms with E-state index in [4.69, 9.17) is 16.7 Å². The van der Waals surface area contributed by atoms with Crippen LogP contribution >= 0.6 is 11.6 Å². The molecule has 0 spiro atoms. The Labute approximate surface area is 72.5 Å². The largest absolute Gasteiger partial charge is 0.502 e. The fraction of sp³-hybridized carbons (Fsp3) is 0. The molecule has 12 heavy (non-hydrogen) atoms. The van der Waals surface area contributed by atoms with Gasteiger partial charge in [0, 0.05) is 6.07 Å². The quantitative estimate of drug-likeness (QED) is 0.506. The lowest BCUT2D eigenvalue weighted by Gasteiger charge is -1.96. The molecule has 1 aromatic carbocycles. The van der Waals surface area contributed by atoms with Gasteiger partial charge in [0.05, 0.1) is 16.0 Å². The first-order chi connectivity index (χ1) is 5.52. The fourth-order valence-corrected chi connectivity index (χ4v) is 0.979. The van der Waals surface area contributed by atoms with Crippen molar-refractivity contribution in [2.24, 2.45) is 0 Å². The molecule has 0 bridgehead atoms. The Morgan fingerprint density at radius 1 is 1.58 bits per heavy atom. The topological polar surface area (TPSA) is 91.0 Å². The van der Waals surface area contributed by atoms with Crippen LogP contribution in [-0.4, -0.2) is 10.0 Å². The monoisotopic (exact) mass is 189 g/mol. The standard InChI is InChI=1S/C6H5ClN2O3/c7-4-1-3(9(11)12)2-5(8)6(4)10/h1-2,10H,8H2/p+1. The summed E-state index contributed by atoms with van der Waals surface area (Å²) < 4.78 is 0. The van der Waals surface area contributed by atoms with Crippen molar-refractivity contribution in [3.05, 3.63) is 27.3 Å². The van der Waals surface area contributed by atoms with E-state index < -0.39 is 4.92 Å². The van der Waals surface area contributed by atoms with Crippen LogP contribution in [0.1, 0.15) is 0 Å². The zero-order valence-corrected chi connectivity index (χ0v) is 6.71. The van der Waals surface area contributed by atoms with E-state index in [2.05, 4.69) is 5.73 Å². The highest BCUT2D eigenvalue weighted by Crippen LogP contribution is 2.32. The molecule has 0 aromatic heterocycles. The van der Waals surface area contributed by atoms with Gasteiger partial charge in [-0.2, -0.15) is 0 Å². The number of phenols is 1. The van der Waals surface area contributed by atoms with Crippen molar-refractivity contribution in [2.45, 2.75) is 0 Å². The van der Waals surface area contributed by atoms with E-state index in [1.165, 1.54) is 0 Å². The van der Waals surface area contributed by atoms with Gasteiger partial charge in [-0.25, -0.2) is 0 Å². The highest BCUT2D eigenvalue weighted by Gasteiger charge is 2.14. The lowest BCUT2D eigenvalue weighted by atomic mass is 10.2. The number of nitro benzene ring substituents is 1. The molecule has 0 saturated heterocycles. The van der Waals surface area contributed by atoms with Gasteiger partial charge in [-0.3, -0.25) is 10.1 Å². The molecule has 0 fully saturated rings. The average Bonchev–Trinajstić information content (AvgIpc) is 1.99. The first-order valence-corrected chi connectivity index (χ1v) is 3.39. The van der Waals surface area contributed by atoms with Crippen LogP contribution in [0.25, 0.3) is 0 Å². The van der Waals surface area contributed by atoms with E-state index in [-0.39, 0.29) is 22.1 Å². The number of aromatic hydroxyl groups is 1.